The second-order valence-corrected chi connectivity index (χ2v) is 30.4. The summed E-state index contributed by atoms with van der Waals surface area (Å²) in [6.45, 7) is -7.97. The van der Waals surface area contributed by atoms with E-state index in [1.54, 1.807) is 0 Å². The van der Waals surface area contributed by atoms with E-state index in [0.717, 1.165) is 27.7 Å². The third-order valence-corrected chi connectivity index (χ3v) is 21.8. The molecular weight excluding hydrogens is 1670 g/mol. The summed E-state index contributed by atoms with van der Waals surface area (Å²) in [5, 5.41) is 311. The molecule has 0 aromatic carbocycles. The van der Waals surface area contributed by atoms with Gasteiger partial charge in [0.15, 0.2) is 50.3 Å². The minimum absolute atomic E-state index is 0.800. The van der Waals surface area contributed by atoms with Crippen LogP contribution < -0.4 is 26.6 Å². The van der Waals surface area contributed by atoms with E-state index >= 15 is 0 Å². The largest absolute Gasteiger partial charge is 0.477 e. The van der Waals surface area contributed by atoms with Crippen LogP contribution >= 0.6 is 0 Å². The number of nitrogens with one attached hydrogen (secondary N) is 5. The Labute approximate surface area is 689 Å². The topological polar surface area (TPSA) is 866 Å². The average Bonchev–Trinajstić information content (AvgIpc) is 0.762. The highest BCUT2D eigenvalue weighted by atomic mass is 16.8. The Bertz CT molecular complexity index is 3360. The summed E-state index contributed by atoms with van der Waals surface area (Å²) in [5.74, 6) is -10.1. The van der Waals surface area contributed by atoms with Crippen LogP contribution in [0.5, 0.6) is 0 Å². The van der Waals surface area contributed by atoms with Crippen LogP contribution in [-0.4, -0.2) is 521 Å². The van der Waals surface area contributed by atoms with Crippen molar-refractivity contribution in [1.29, 1.82) is 0 Å². The molecule has 55 nitrogen and oxygen atoms in total. The average molecular weight is 1790 g/mol. The molecule has 0 aromatic heterocycles. The van der Waals surface area contributed by atoms with E-state index in [1.807, 2.05) is 0 Å². The molecule has 55 heteroatoms. The minimum atomic E-state index is -3.16. The van der Waals surface area contributed by atoms with Crippen LogP contribution in [0.2, 0.25) is 0 Å². The van der Waals surface area contributed by atoms with Crippen molar-refractivity contribution in [3.05, 3.63) is 0 Å². The van der Waals surface area contributed by atoms with Crippen LogP contribution in [0.1, 0.15) is 34.1 Å². The molecule has 32 N–H and O–H groups in total. The number of carboxylic acid groups (broad SMARTS) is 1. The zero-order valence-electron chi connectivity index (χ0n) is 65.2. The van der Waals surface area contributed by atoms with E-state index in [4.69, 9.17) is 80.5 Å². The maximum atomic E-state index is 13.2. The van der Waals surface area contributed by atoms with Gasteiger partial charge in [-0.15, -0.1) is 0 Å². The van der Waals surface area contributed by atoms with E-state index in [9.17, 15) is 167 Å². The van der Waals surface area contributed by atoms with Gasteiger partial charge in [-0.2, -0.15) is 0 Å². The lowest BCUT2D eigenvalue weighted by molar-refractivity contribution is -0.399. The number of amides is 5. The van der Waals surface area contributed by atoms with Crippen molar-refractivity contribution in [2.45, 2.75) is 316 Å². The molecule has 0 unspecified atom stereocenters. The molecule has 46 atom stereocenters. The highest BCUT2D eigenvalue weighted by Gasteiger charge is 2.62. The normalized spacial score (nSPS) is 46.3. The van der Waals surface area contributed by atoms with Gasteiger partial charge in [0.05, 0.1) is 71.6 Å². The van der Waals surface area contributed by atoms with Gasteiger partial charge in [-0.25, -0.2) is 4.79 Å². The molecule has 9 heterocycles. The summed E-state index contributed by atoms with van der Waals surface area (Å²) in [6.07, 6.45) is -88.2. The van der Waals surface area contributed by atoms with Gasteiger partial charge < -0.3 is 245 Å². The zero-order chi connectivity index (χ0) is 90.3. The van der Waals surface area contributed by atoms with Crippen LogP contribution in [0.3, 0.4) is 0 Å². The number of ether oxygens (including phenoxy) is 17. The lowest BCUT2D eigenvalue weighted by Crippen LogP contribution is -2.71. The fourth-order valence-electron chi connectivity index (χ4n) is 15.4. The number of carbonyl (C=O) groups is 6. The first-order valence-electron chi connectivity index (χ1n) is 38.4. The van der Waals surface area contributed by atoms with E-state index in [2.05, 4.69) is 26.6 Å². The van der Waals surface area contributed by atoms with E-state index < -0.39 is 390 Å². The molecular formula is C67H111N5O50. The number of carbonyl (C=O) groups excluding carboxylic acids is 5. The Hall–Kier alpha value is -4.90. The number of aliphatic hydroxyl groups is 26. The second kappa shape index (κ2) is 43.9. The summed E-state index contributed by atoms with van der Waals surface area (Å²) < 4.78 is 100. The molecule has 0 saturated carbocycles. The van der Waals surface area contributed by atoms with Crippen molar-refractivity contribution < 1.29 is 247 Å². The molecule has 9 aliphatic rings. The molecule has 704 valence electrons. The third-order valence-electron chi connectivity index (χ3n) is 21.8. The Morgan fingerprint density at radius 2 is 0.713 bits per heavy atom. The predicted molar refractivity (Wildman–Crippen MR) is 374 cm³/mol. The fourth-order valence-corrected chi connectivity index (χ4v) is 15.4. The van der Waals surface area contributed by atoms with Gasteiger partial charge in [-0.3, -0.25) is 24.0 Å². The zero-order valence-corrected chi connectivity index (χ0v) is 65.2. The van der Waals surface area contributed by atoms with Crippen LogP contribution in [-0.2, 0) is 109 Å². The SMILES string of the molecule is CC(=O)N[C@@H]1[C@@H](O)[C@H](O[C@@H]2O[C@H](CO)[C@@H](O[C@@H]3O[C@H](CO[C@H]4O[C@H](CO)[C@@H](O)[C@H](O)[C@@H]4O[C@@H]4O[C@H](CO)[C@@H](O)[C@H](O)[C@H]4NC(C)=O)[C@@H](O)[C@H](O[C@H]4O[C@H](CO)[C@@H](O)[C@H](O)[C@@H]4O[C@@H]4O[C@H](CO)[C@@H](O[C@@H]5O[C@H](CO[C@]6(C(=O)O)C[C@H](O)[C@@H](NC(=O)CO)[C@H]([C@H](O)[C@H](O)CO)O6)[C@H](O)[C@H](O)[C@H]5O)[C@H](O)[C@H]4NC(C)=O)[C@@H]3O)[C@H](O)[C@H]2NC(C)=O)[C@@H](CO)O[C@@H]1O. The van der Waals surface area contributed by atoms with Gasteiger partial charge >= 0.3 is 5.97 Å². The first-order chi connectivity index (χ1) is 57.6. The van der Waals surface area contributed by atoms with Crippen molar-refractivity contribution >= 4 is 35.5 Å². The predicted octanol–water partition coefficient (Wildman–Crippen LogP) is -21.7. The molecule has 9 saturated heterocycles. The summed E-state index contributed by atoms with van der Waals surface area (Å²) in [6, 6.07) is -9.31. The highest BCUT2D eigenvalue weighted by molar-refractivity contribution is 5.78. The van der Waals surface area contributed by atoms with E-state index in [1.165, 1.54) is 0 Å². The first kappa shape index (κ1) is 101. The number of hydrogen-bond acceptors (Lipinski definition) is 49. The van der Waals surface area contributed by atoms with Gasteiger partial charge in [-0.1, -0.05) is 0 Å². The number of rotatable bonds is 34. The Morgan fingerprint density at radius 3 is 1.16 bits per heavy atom. The molecule has 9 rings (SSSR count). The maximum Gasteiger partial charge on any atom is 0.364 e. The quantitative estimate of drug-likeness (QED) is 0.0284. The molecule has 122 heavy (non-hydrogen) atoms. The number of aliphatic hydroxyl groups excluding tert-OH is 26. The van der Waals surface area contributed by atoms with Gasteiger partial charge in [0.1, 0.15) is 220 Å². The van der Waals surface area contributed by atoms with Crippen LogP contribution in [0.25, 0.3) is 0 Å². The molecule has 0 bridgehead atoms. The molecule has 0 aromatic rings. The van der Waals surface area contributed by atoms with Crippen molar-refractivity contribution in [2.24, 2.45) is 0 Å². The fraction of sp³-hybridized carbons (Fsp3) is 0.910. The Morgan fingerprint density at radius 1 is 0.352 bits per heavy atom. The number of aliphatic carboxylic acids is 1. The molecule has 0 spiro atoms. The van der Waals surface area contributed by atoms with Crippen LogP contribution in [0.4, 0.5) is 0 Å². The summed E-state index contributed by atoms with van der Waals surface area (Å²) in [4.78, 5) is 76.1. The van der Waals surface area contributed by atoms with Crippen molar-refractivity contribution in [3.63, 3.8) is 0 Å². The van der Waals surface area contributed by atoms with Crippen molar-refractivity contribution in [2.75, 3.05) is 66.1 Å². The highest BCUT2D eigenvalue weighted by Crippen LogP contribution is 2.41. The van der Waals surface area contributed by atoms with Crippen molar-refractivity contribution in [3.8, 4) is 0 Å². The lowest BCUT2D eigenvalue weighted by atomic mass is 9.88. The monoisotopic (exact) mass is 1790 g/mol. The smallest absolute Gasteiger partial charge is 0.364 e. The number of hydrogen-bond donors (Lipinski definition) is 32. The third kappa shape index (κ3) is 22.5. The second-order valence-electron chi connectivity index (χ2n) is 30.4. The van der Waals surface area contributed by atoms with Crippen LogP contribution in [0, 0.1) is 0 Å². The number of carboxylic acids is 1. The van der Waals surface area contributed by atoms with Crippen LogP contribution in [0.15, 0.2) is 0 Å². The summed E-state index contributed by atoms with van der Waals surface area (Å²) in [7, 11) is 0. The molecule has 5 amide bonds. The van der Waals surface area contributed by atoms with Gasteiger partial charge in [0, 0.05) is 34.1 Å². The summed E-state index contributed by atoms with van der Waals surface area (Å²) in [5.41, 5.74) is 0. The molecule has 0 aliphatic carbocycles. The molecule has 9 fully saturated rings. The molecule has 9 aliphatic heterocycles. The summed E-state index contributed by atoms with van der Waals surface area (Å²) >= 11 is 0. The standard InChI is InChI=1S/C67H111N5O50/c1-16(81)68-32-43(95)51(25(10-77)108-58(32)103)116-60-34(70-18(3)83)44(96)53(27(12-79)112-60)118-63-50(102)55(41(93)28(114-63)14-106-64-56(47(99)38(90)23(8-75)110-64)120-59-33(69-17(2)82)42(94)37(89)22(7-74)109-59)119-65-57(48(100)39(91)24(9-76)111-65)121-61-35(71-19(4)84)45(97)52(26(11-78)113-61)117-62-49(101)46(98)40(92)29(115-62)15-107-67(66(104)105)5-20(85)31(72-30(87)13-80)54(122-67)36(88)21(86)6-73/h20-29,31-65,73-80,85-86,88-103H,5-15H2,1-4H3,(H,68,81)(H,69,82)(H,70,83)(H,71,84)(H,72,87)(H,104,105)/t20-,21+,22+,23+,24+,25+,26+,27+,28+,29+,31+,32+,33+,34+,35+,36+,37+,38+,39+,40-,41+,42+,43+,44+,45+,46-,47-,48-,49+,50-,51+,52+,53+,54+,55-,56-,57-,58-,59-,60-,61-,62-,63-,64-,65+,67+/m0/s1. The van der Waals surface area contributed by atoms with Gasteiger partial charge in [0.2, 0.25) is 29.5 Å². The Balaban J connectivity index is 1.02. The van der Waals surface area contributed by atoms with Gasteiger partial charge in [0.25, 0.3) is 5.79 Å². The van der Waals surface area contributed by atoms with Gasteiger partial charge in [-0.05, 0) is 0 Å². The van der Waals surface area contributed by atoms with E-state index in [0.29, 0.717) is 0 Å². The maximum absolute atomic E-state index is 13.2. The van der Waals surface area contributed by atoms with E-state index in [-0.39, 0.29) is 0 Å². The first-order valence-corrected chi connectivity index (χ1v) is 38.4. The van der Waals surface area contributed by atoms with Crippen molar-refractivity contribution in [1.82, 2.24) is 26.6 Å². The molecule has 0 radical (unpaired) electrons. The minimum Gasteiger partial charge on any atom is -0.477 e. The lowest BCUT2D eigenvalue weighted by Gasteiger charge is -2.51. The Kier molecular flexibility index (Phi) is 36.3.